The predicted molar refractivity (Wildman–Crippen MR) is 42.4 cm³/mol. The lowest BCUT2D eigenvalue weighted by Crippen LogP contribution is -1.86. The Morgan fingerprint density at radius 1 is 1.64 bits per heavy atom. The Kier molecular flexibility index (Phi) is 4.47. The number of rotatable bonds is 0. The predicted octanol–water partition coefficient (Wildman–Crippen LogP) is -0.800. The van der Waals surface area contributed by atoms with Crippen LogP contribution in [0.3, 0.4) is 0 Å². The Bertz CT molecular complexity index is 255. The molecule has 0 aliphatic carbocycles. The van der Waals surface area contributed by atoms with Crippen LogP contribution >= 0.6 is 0 Å². The molecule has 0 aromatic carbocycles. The lowest BCUT2D eigenvalue weighted by Gasteiger charge is -1.87. The van der Waals surface area contributed by atoms with Crippen molar-refractivity contribution < 1.29 is 8.42 Å². The van der Waals surface area contributed by atoms with Gasteiger partial charge in [-0.25, -0.2) is 18.5 Å². The molecule has 0 saturated carbocycles. The largest absolute Gasteiger partial charge is 0.338 e. The zero-order valence-electron chi connectivity index (χ0n) is 6.39. The van der Waals surface area contributed by atoms with E-state index >= 15 is 0 Å². The first kappa shape index (κ1) is 10.1. The summed E-state index contributed by atoms with van der Waals surface area (Å²) in [6, 6.07) is 0. The van der Waals surface area contributed by atoms with Gasteiger partial charge in [0.05, 0.1) is 0 Å². The van der Waals surface area contributed by atoms with Crippen LogP contribution < -0.4 is 5.14 Å². The van der Waals surface area contributed by atoms with Crippen molar-refractivity contribution >= 4 is 10.9 Å². The highest BCUT2D eigenvalue weighted by Gasteiger charge is 1.83. The van der Waals surface area contributed by atoms with E-state index in [2.05, 4.69) is 10.1 Å². The summed E-state index contributed by atoms with van der Waals surface area (Å²) in [5.74, 6) is 1.06. The molecule has 0 amide bonds. The van der Waals surface area contributed by atoms with Crippen LogP contribution in [-0.4, -0.2) is 18.0 Å². The summed E-state index contributed by atoms with van der Waals surface area (Å²) in [5.41, 5.74) is 0. The van der Waals surface area contributed by atoms with Gasteiger partial charge >= 0.3 is 0 Å². The van der Waals surface area contributed by atoms with Gasteiger partial charge in [-0.2, -0.15) is 0 Å². The van der Waals surface area contributed by atoms with Crippen molar-refractivity contribution in [1.82, 2.24) is 9.55 Å². The topological polar surface area (TPSA) is 78.0 Å². The maximum absolute atomic E-state index is 8.81. The molecule has 1 aromatic heterocycles. The highest BCUT2D eigenvalue weighted by atomic mass is 32.2. The van der Waals surface area contributed by atoms with Gasteiger partial charge in [-0.05, 0) is 6.92 Å². The molecule has 64 valence electrons. The first-order valence-electron chi connectivity index (χ1n) is 2.87. The summed E-state index contributed by atoms with van der Waals surface area (Å²) >= 11 is 0. The summed E-state index contributed by atoms with van der Waals surface area (Å²) in [6.07, 6.45) is 3.71. The number of imidazole rings is 1. The quantitative estimate of drug-likeness (QED) is 0.509. The van der Waals surface area contributed by atoms with E-state index in [1.165, 1.54) is 0 Å². The summed E-state index contributed by atoms with van der Waals surface area (Å²) in [7, 11) is -0.646. The molecule has 0 bridgehead atoms. The fourth-order valence-corrected chi connectivity index (χ4v) is 0.440. The van der Waals surface area contributed by atoms with Crippen LogP contribution in [0.1, 0.15) is 5.82 Å². The minimum atomic E-state index is -2.62. The molecule has 1 aromatic rings. The van der Waals surface area contributed by atoms with Crippen molar-refractivity contribution in [2.24, 2.45) is 12.2 Å². The second kappa shape index (κ2) is 4.86. The van der Waals surface area contributed by atoms with Gasteiger partial charge in [0.25, 0.3) is 0 Å². The van der Waals surface area contributed by atoms with Gasteiger partial charge in [-0.1, -0.05) is 0 Å². The first-order valence-corrected chi connectivity index (χ1v) is 4.11. The van der Waals surface area contributed by atoms with Crippen LogP contribution in [0, 0.1) is 6.92 Å². The Labute approximate surface area is 66.9 Å². The normalized spacial score (nSPS) is 9.09. The average molecular weight is 177 g/mol. The Morgan fingerprint density at radius 2 is 2.09 bits per heavy atom. The molecule has 0 saturated heterocycles. The molecule has 1 rings (SSSR count). The van der Waals surface area contributed by atoms with Gasteiger partial charge in [-0.15, -0.1) is 0 Å². The molecular formula is C5H11N3O2S. The number of hydrogen-bond donors (Lipinski definition) is 2. The molecule has 2 N–H and O–H groups in total. The van der Waals surface area contributed by atoms with Crippen LogP contribution in [0.25, 0.3) is 0 Å². The van der Waals surface area contributed by atoms with Crippen LogP contribution in [0.15, 0.2) is 12.4 Å². The van der Waals surface area contributed by atoms with E-state index in [4.69, 9.17) is 8.42 Å². The fraction of sp³-hybridized carbons (Fsp3) is 0.400. The standard InChI is InChI=1S/C5H8N2.H3NO2S/c1-5-6-3-4-7(5)2;1-4(2)3/h3-4H,1-2H3;4H,(H2,1,2,3). The Hall–Kier alpha value is -0.880. The lowest BCUT2D eigenvalue weighted by atomic mass is 10.7. The maximum atomic E-state index is 8.81. The van der Waals surface area contributed by atoms with Crippen molar-refractivity contribution in [3.8, 4) is 0 Å². The number of aryl methyl sites for hydroxylation is 2. The molecule has 1 heterocycles. The Morgan fingerprint density at radius 3 is 2.18 bits per heavy atom. The van der Waals surface area contributed by atoms with Crippen molar-refractivity contribution in [2.45, 2.75) is 6.92 Å². The van der Waals surface area contributed by atoms with Gasteiger partial charge in [0, 0.05) is 19.4 Å². The van der Waals surface area contributed by atoms with E-state index < -0.39 is 10.9 Å². The molecule has 0 radical (unpaired) electrons. The molecule has 0 fully saturated rings. The number of nitrogens with two attached hydrogens (primary N) is 1. The van der Waals surface area contributed by atoms with Crippen molar-refractivity contribution in [2.75, 3.05) is 0 Å². The van der Waals surface area contributed by atoms with Crippen LogP contribution in [0.4, 0.5) is 0 Å². The summed E-state index contributed by atoms with van der Waals surface area (Å²) in [6.45, 7) is 1.97. The third kappa shape index (κ3) is 5.56. The number of thiol groups is 1. The van der Waals surface area contributed by atoms with Gasteiger partial charge in [-0.3, -0.25) is 0 Å². The minimum absolute atomic E-state index is 1.06. The Balaban J connectivity index is 0.000000218. The molecule has 0 aliphatic rings. The van der Waals surface area contributed by atoms with Crippen LogP contribution in [0.2, 0.25) is 0 Å². The third-order valence-corrected chi connectivity index (χ3v) is 1.06. The van der Waals surface area contributed by atoms with Crippen LogP contribution in [-0.2, 0) is 17.9 Å². The molecule has 0 atom stereocenters. The molecule has 0 spiro atoms. The van der Waals surface area contributed by atoms with E-state index in [1.807, 2.05) is 24.7 Å². The molecule has 5 nitrogen and oxygen atoms in total. The minimum Gasteiger partial charge on any atom is -0.338 e. The van der Waals surface area contributed by atoms with E-state index in [-0.39, 0.29) is 0 Å². The summed E-state index contributed by atoms with van der Waals surface area (Å²) < 4.78 is 19.6. The maximum Gasteiger partial charge on any atom is 0.198 e. The van der Waals surface area contributed by atoms with Gasteiger partial charge in [0.1, 0.15) is 5.82 Å². The van der Waals surface area contributed by atoms with Gasteiger partial charge < -0.3 is 4.57 Å². The number of aromatic nitrogens is 2. The highest BCUT2D eigenvalue weighted by molar-refractivity contribution is 7.69. The van der Waals surface area contributed by atoms with Gasteiger partial charge in [0.15, 0.2) is 10.9 Å². The second-order valence-electron chi connectivity index (χ2n) is 1.87. The smallest absolute Gasteiger partial charge is 0.198 e. The number of nitrogens with zero attached hydrogens (tertiary/aromatic N) is 2. The number of hydrogen-bond acceptors (Lipinski definition) is 3. The van der Waals surface area contributed by atoms with Crippen LogP contribution in [0.5, 0.6) is 0 Å². The third-order valence-electron chi connectivity index (χ3n) is 1.06. The molecule has 11 heavy (non-hydrogen) atoms. The SMILES string of the molecule is Cc1nccn1C.N[SH](=O)=O. The first-order chi connectivity index (χ1) is 5.04. The second-order valence-corrected chi connectivity index (χ2v) is 2.44. The van der Waals surface area contributed by atoms with Crippen molar-refractivity contribution in [3.63, 3.8) is 0 Å². The van der Waals surface area contributed by atoms with E-state index in [0.29, 0.717) is 0 Å². The zero-order valence-corrected chi connectivity index (χ0v) is 7.28. The van der Waals surface area contributed by atoms with E-state index in [9.17, 15) is 0 Å². The van der Waals surface area contributed by atoms with Gasteiger partial charge in [0.2, 0.25) is 0 Å². The molecule has 6 heteroatoms. The zero-order chi connectivity index (χ0) is 8.85. The summed E-state index contributed by atoms with van der Waals surface area (Å²) in [5, 5.41) is 4.06. The average Bonchev–Trinajstić information content (AvgIpc) is 2.15. The van der Waals surface area contributed by atoms with Crippen molar-refractivity contribution in [1.29, 1.82) is 0 Å². The molecular weight excluding hydrogens is 166 g/mol. The van der Waals surface area contributed by atoms with Crippen molar-refractivity contribution in [3.05, 3.63) is 18.2 Å². The molecule has 0 unspecified atom stereocenters. The summed E-state index contributed by atoms with van der Waals surface area (Å²) in [4.78, 5) is 3.98. The monoisotopic (exact) mass is 177 g/mol. The highest BCUT2D eigenvalue weighted by Crippen LogP contribution is 1.86. The van der Waals surface area contributed by atoms with E-state index in [0.717, 1.165) is 5.82 Å². The molecule has 0 aliphatic heterocycles. The van der Waals surface area contributed by atoms with E-state index in [1.54, 1.807) is 6.20 Å². The lowest BCUT2D eigenvalue weighted by molar-refractivity contribution is 0.616. The fourth-order valence-electron chi connectivity index (χ4n) is 0.440.